The number of rotatable bonds is 1. The summed E-state index contributed by atoms with van der Waals surface area (Å²) in [5.41, 5.74) is 7.82. The number of nitrogens with zero attached hydrogens (tertiary/aromatic N) is 2. The Morgan fingerprint density at radius 2 is 2.27 bits per heavy atom. The van der Waals surface area contributed by atoms with Crippen molar-refractivity contribution >= 4 is 5.69 Å². The zero-order valence-corrected chi connectivity index (χ0v) is 8.69. The predicted molar refractivity (Wildman–Crippen MR) is 60.3 cm³/mol. The largest absolute Gasteiger partial charge is 0.356 e. The van der Waals surface area contributed by atoms with Crippen LogP contribution in [0.3, 0.4) is 0 Å². The Kier molecular flexibility index (Phi) is 2.89. The molecule has 0 bridgehead atoms. The van der Waals surface area contributed by atoms with E-state index in [0.717, 1.165) is 18.7 Å². The summed E-state index contributed by atoms with van der Waals surface area (Å²) in [4.78, 5) is 2.18. The summed E-state index contributed by atoms with van der Waals surface area (Å²) in [5, 5.41) is 8.83. The SMILES string of the molecule is N#Cc1cccc(N2CCCCC2N)c1. The second-order valence-electron chi connectivity index (χ2n) is 3.92. The molecule has 1 unspecified atom stereocenters. The van der Waals surface area contributed by atoms with Crippen LogP contribution in [0.25, 0.3) is 0 Å². The molecule has 3 nitrogen and oxygen atoms in total. The molecule has 15 heavy (non-hydrogen) atoms. The Morgan fingerprint density at radius 3 is 3.00 bits per heavy atom. The van der Waals surface area contributed by atoms with E-state index in [2.05, 4.69) is 11.0 Å². The molecule has 1 aromatic carbocycles. The number of piperidine rings is 1. The topological polar surface area (TPSA) is 53.0 Å². The molecule has 1 aromatic rings. The molecule has 0 saturated carbocycles. The minimum absolute atomic E-state index is 0.104. The second-order valence-corrected chi connectivity index (χ2v) is 3.92. The lowest BCUT2D eigenvalue weighted by Gasteiger charge is -2.35. The maximum absolute atomic E-state index is 8.83. The Bertz CT molecular complexity index is 381. The first-order valence-corrected chi connectivity index (χ1v) is 5.33. The number of benzene rings is 1. The van der Waals surface area contributed by atoms with Gasteiger partial charge in [0.05, 0.1) is 17.8 Å². The highest BCUT2D eigenvalue weighted by atomic mass is 15.2. The van der Waals surface area contributed by atoms with Gasteiger partial charge in [0.25, 0.3) is 0 Å². The van der Waals surface area contributed by atoms with Crippen LogP contribution in [0.4, 0.5) is 5.69 Å². The van der Waals surface area contributed by atoms with E-state index in [9.17, 15) is 0 Å². The van der Waals surface area contributed by atoms with Crippen molar-refractivity contribution in [2.75, 3.05) is 11.4 Å². The molecule has 1 atom stereocenters. The van der Waals surface area contributed by atoms with Crippen molar-refractivity contribution in [1.82, 2.24) is 0 Å². The van der Waals surface area contributed by atoms with E-state index >= 15 is 0 Å². The van der Waals surface area contributed by atoms with E-state index in [4.69, 9.17) is 11.0 Å². The van der Waals surface area contributed by atoms with Gasteiger partial charge in [0.15, 0.2) is 0 Å². The lowest BCUT2D eigenvalue weighted by molar-refractivity contribution is 0.470. The van der Waals surface area contributed by atoms with Crippen LogP contribution in [0, 0.1) is 11.3 Å². The van der Waals surface area contributed by atoms with E-state index < -0.39 is 0 Å². The van der Waals surface area contributed by atoms with Crippen molar-refractivity contribution in [1.29, 1.82) is 5.26 Å². The Balaban J connectivity index is 2.24. The molecule has 0 radical (unpaired) electrons. The van der Waals surface area contributed by atoms with Gasteiger partial charge in [-0.1, -0.05) is 6.07 Å². The van der Waals surface area contributed by atoms with Crippen molar-refractivity contribution in [3.63, 3.8) is 0 Å². The normalized spacial score (nSPS) is 21.1. The molecule has 0 amide bonds. The van der Waals surface area contributed by atoms with Crippen molar-refractivity contribution in [3.05, 3.63) is 29.8 Å². The maximum Gasteiger partial charge on any atom is 0.0992 e. The van der Waals surface area contributed by atoms with Crippen LogP contribution in [0.5, 0.6) is 0 Å². The van der Waals surface area contributed by atoms with Gasteiger partial charge < -0.3 is 10.6 Å². The summed E-state index contributed by atoms with van der Waals surface area (Å²) >= 11 is 0. The first kappa shape index (κ1) is 10.0. The molecule has 78 valence electrons. The number of hydrogen-bond acceptors (Lipinski definition) is 3. The van der Waals surface area contributed by atoms with E-state index in [0.29, 0.717) is 5.56 Å². The quantitative estimate of drug-likeness (QED) is 0.754. The second kappa shape index (κ2) is 4.33. The van der Waals surface area contributed by atoms with E-state index in [1.807, 2.05) is 24.3 Å². The van der Waals surface area contributed by atoms with Crippen molar-refractivity contribution in [3.8, 4) is 6.07 Å². The summed E-state index contributed by atoms with van der Waals surface area (Å²) in [6.45, 7) is 0.996. The third-order valence-electron chi connectivity index (χ3n) is 2.86. The standard InChI is InChI=1S/C12H15N3/c13-9-10-4-3-5-11(8-10)15-7-2-1-6-12(15)14/h3-5,8,12H,1-2,6-7,14H2. The minimum atomic E-state index is 0.104. The van der Waals surface area contributed by atoms with Crippen LogP contribution >= 0.6 is 0 Å². The average molecular weight is 201 g/mol. The summed E-state index contributed by atoms with van der Waals surface area (Å²) in [6.07, 6.45) is 3.53. The van der Waals surface area contributed by atoms with Gasteiger partial charge in [0.2, 0.25) is 0 Å². The third-order valence-corrected chi connectivity index (χ3v) is 2.86. The van der Waals surface area contributed by atoms with Crippen LogP contribution in [-0.2, 0) is 0 Å². The molecule has 2 N–H and O–H groups in total. The highest BCUT2D eigenvalue weighted by Gasteiger charge is 2.18. The molecule has 1 aliphatic heterocycles. The lowest BCUT2D eigenvalue weighted by atomic mass is 10.1. The zero-order valence-electron chi connectivity index (χ0n) is 8.69. The minimum Gasteiger partial charge on any atom is -0.356 e. The van der Waals surface area contributed by atoms with Gasteiger partial charge in [-0.15, -0.1) is 0 Å². The number of hydrogen-bond donors (Lipinski definition) is 1. The highest BCUT2D eigenvalue weighted by molar-refractivity contribution is 5.52. The molecule has 1 saturated heterocycles. The van der Waals surface area contributed by atoms with Crippen molar-refractivity contribution < 1.29 is 0 Å². The third kappa shape index (κ3) is 2.11. The fraction of sp³-hybridized carbons (Fsp3) is 0.417. The van der Waals surface area contributed by atoms with Gasteiger partial charge in [0, 0.05) is 12.2 Å². The molecule has 1 heterocycles. The van der Waals surface area contributed by atoms with Gasteiger partial charge in [-0.05, 0) is 37.5 Å². The van der Waals surface area contributed by atoms with Crippen LogP contribution in [0.1, 0.15) is 24.8 Å². The summed E-state index contributed by atoms with van der Waals surface area (Å²) < 4.78 is 0. The predicted octanol–water partition coefficient (Wildman–Crippen LogP) is 1.83. The van der Waals surface area contributed by atoms with E-state index in [1.165, 1.54) is 12.8 Å². The first-order valence-electron chi connectivity index (χ1n) is 5.33. The fourth-order valence-corrected chi connectivity index (χ4v) is 2.03. The van der Waals surface area contributed by atoms with Crippen molar-refractivity contribution in [2.45, 2.75) is 25.4 Å². The van der Waals surface area contributed by atoms with Crippen molar-refractivity contribution in [2.24, 2.45) is 5.73 Å². The first-order chi connectivity index (χ1) is 7.31. The molecule has 0 spiro atoms. The number of nitriles is 1. The lowest BCUT2D eigenvalue weighted by Crippen LogP contribution is -2.45. The van der Waals surface area contributed by atoms with Crippen LogP contribution in [0.2, 0.25) is 0 Å². The summed E-state index contributed by atoms with van der Waals surface area (Å²) in [5.74, 6) is 0. The molecular formula is C12H15N3. The van der Waals surface area contributed by atoms with Crippen LogP contribution in [0.15, 0.2) is 24.3 Å². The van der Waals surface area contributed by atoms with Gasteiger partial charge in [-0.3, -0.25) is 0 Å². The Morgan fingerprint density at radius 1 is 1.40 bits per heavy atom. The van der Waals surface area contributed by atoms with E-state index in [1.54, 1.807) is 0 Å². The monoisotopic (exact) mass is 201 g/mol. The molecule has 1 fully saturated rings. The molecular weight excluding hydrogens is 186 g/mol. The zero-order chi connectivity index (χ0) is 10.7. The van der Waals surface area contributed by atoms with Gasteiger partial charge in [0.1, 0.15) is 0 Å². The smallest absolute Gasteiger partial charge is 0.0992 e. The van der Waals surface area contributed by atoms with Gasteiger partial charge >= 0.3 is 0 Å². The maximum atomic E-state index is 8.83. The van der Waals surface area contributed by atoms with E-state index in [-0.39, 0.29) is 6.17 Å². The molecule has 0 aromatic heterocycles. The number of nitrogens with two attached hydrogens (primary N) is 1. The van der Waals surface area contributed by atoms with Gasteiger partial charge in [-0.25, -0.2) is 0 Å². The molecule has 1 aliphatic rings. The summed E-state index contributed by atoms with van der Waals surface area (Å²) in [6, 6.07) is 9.81. The van der Waals surface area contributed by atoms with Gasteiger partial charge in [-0.2, -0.15) is 5.26 Å². The van der Waals surface area contributed by atoms with Crippen LogP contribution in [-0.4, -0.2) is 12.7 Å². The number of anilines is 1. The molecule has 3 heteroatoms. The molecule has 2 rings (SSSR count). The summed E-state index contributed by atoms with van der Waals surface area (Å²) in [7, 11) is 0. The molecule has 0 aliphatic carbocycles. The average Bonchev–Trinajstić information content (AvgIpc) is 2.30. The Labute approximate surface area is 90.1 Å². The van der Waals surface area contributed by atoms with Crippen LogP contribution < -0.4 is 10.6 Å². The fourth-order valence-electron chi connectivity index (χ4n) is 2.03. The highest BCUT2D eigenvalue weighted by Crippen LogP contribution is 2.22. The Hall–Kier alpha value is -1.53.